The lowest BCUT2D eigenvalue weighted by molar-refractivity contribution is 1.14. The number of aryl methyl sites for hydroxylation is 1. The zero-order valence-electron chi connectivity index (χ0n) is 6.88. The van der Waals surface area contributed by atoms with Crippen LogP contribution in [0.25, 0.3) is 0 Å². The normalized spacial score (nSPS) is 15.2. The van der Waals surface area contributed by atoms with Crippen LogP contribution < -0.4 is 4.90 Å². The van der Waals surface area contributed by atoms with Crippen LogP contribution in [0.1, 0.15) is 12.5 Å². The molecule has 0 radical (unpaired) electrons. The van der Waals surface area contributed by atoms with Crippen molar-refractivity contribution in [2.75, 3.05) is 18.0 Å². The Hall–Kier alpha value is -0.980. The Labute approximate surface area is 67.6 Å². The minimum absolute atomic E-state index is 1.14. The van der Waals surface area contributed by atoms with Gasteiger partial charge in [-0.15, -0.1) is 0 Å². The molecule has 1 heterocycles. The van der Waals surface area contributed by atoms with E-state index in [2.05, 4.69) is 36.1 Å². The topological polar surface area (TPSA) is 3.01 Å². The molecule has 1 aliphatic rings. The predicted molar refractivity (Wildman–Crippen MR) is 48.0 cm³/mol. The van der Waals surface area contributed by atoms with Crippen LogP contribution in [-0.2, 0) is 6.42 Å². The molecule has 1 aromatic rings. The monoisotopic (exact) mass is 147 g/mol. The van der Waals surface area contributed by atoms with E-state index in [1.807, 2.05) is 0 Å². The van der Waals surface area contributed by atoms with Gasteiger partial charge in [0.2, 0.25) is 0 Å². The summed E-state index contributed by atoms with van der Waals surface area (Å²) < 4.78 is 0. The van der Waals surface area contributed by atoms with Gasteiger partial charge in [-0.3, -0.25) is 0 Å². The van der Waals surface area contributed by atoms with Gasteiger partial charge in [-0.1, -0.05) is 19.1 Å². The molecular formula is C10H13N. The molecule has 0 N–H and O–H groups in total. The highest BCUT2D eigenvalue weighted by Crippen LogP contribution is 2.21. The maximum Gasteiger partial charge on any atom is 0.0370 e. The minimum Gasteiger partial charge on any atom is -0.368 e. The van der Waals surface area contributed by atoms with Crippen LogP contribution in [0.2, 0.25) is 0 Å². The fourth-order valence-corrected chi connectivity index (χ4v) is 1.28. The summed E-state index contributed by atoms with van der Waals surface area (Å²) in [6, 6.07) is 8.80. The Morgan fingerprint density at radius 2 is 2.18 bits per heavy atom. The van der Waals surface area contributed by atoms with E-state index in [9.17, 15) is 0 Å². The molecule has 11 heavy (non-hydrogen) atoms. The lowest BCUT2D eigenvalue weighted by Crippen LogP contribution is -1.91. The summed E-state index contributed by atoms with van der Waals surface area (Å²) in [4.78, 5) is 2.37. The Morgan fingerprint density at radius 1 is 1.36 bits per heavy atom. The number of hydrogen-bond donors (Lipinski definition) is 0. The fraction of sp³-hybridized carbons (Fsp3) is 0.400. The summed E-state index contributed by atoms with van der Waals surface area (Å²) in [7, 11) is 0. The molecule has 0 aromatic heterocycles. The van der Waals surface area contributed by atoms with Gasteiger partial charge in [0.1, 0.15) is 0 Å². The highest BCUT2D eigenvalue weighted by Gasteiger charge is 2.17. The molecule has 1 aliphatic heterocycles. The van der Waals surface area contributed by atoms with Crippen molar-refractivity contribution in [3.05, 3.63) is 29.8 Å². The van der Waals surface area contributed by atoms with E-state index in [0.717, 1.165) is 6.42 Å². The van der Waals surface area contributed by atoms with Gasteiger partial charge in [0, 0.05) is 18.8 Å². The van der Waals surface area contributed by atoms with Crippen molar-refractivity contribution in [1.29, 1.82) is 0 Å². The third-order valence-corrected chi connectivity index (χ3v) is 2.13. The molecule has 0 saturated carbocycles. The van der Waals surface area contributed by atoms with E-state index < -0.39 is 0 Å². The highest BCUT2D eigenvalue weighted by atomic mass is 15.3. The van der Waals surface area contributed by atoms with Crippen LogP contribution in [-0.4, -0.2) is 13.1 Å². The number of hydrogen-bond acceptors (Lipinski definition) is 1. The standard InChI is InChI=1S/C10H13N/c1-2-9-4-3-5-10(8-9)11-6-7-11/h3-5,8H,2,6-7H2,1H3. The van der Waals surface area contributed by atoms with Crippen molar-refractivity contribution in [3.8, 4) is 0 Å². The smallest absolute Gasteiger partial charge is 0.0370 e. The summed E-state index contributed by atoms with van der Waals surface area (Å²) in [5, 5.41) is 0. The second-order valence-corrected chi connectivity index (χ2v) is 3.01. The van der Waals surface area contributed by atoms with E-state index in [-0.39, 0.29) is 0 Å². The first-order chi connectivity index (χ1) is 5.40. The molecule has 0 unspecified atom stereocenters. The summed E-state index contributed by atoms with van der Waals surface area (Å²) in [6.07, 6.45) is 1.14. The van der Waals surface area contributed by atoms with Crippen LogP contribution in [0.3, 0.4) is 0 Å². The number of nitrogens with zero attached hydrogens (tertiary/aromatic N) is 1. The maximum absolute atomic E-state index is 2.37. The second-order valence-electron chi connectivity index (χ2n) is 3.01. The number of anilines is 1. The molecule has 0 spiro atoms. The Balaban J connectivity index is 2.26. The zero-order valence-corrected chi connectivity index (χ0v) is 6.88. The van der Waals surface area contributed by atoms with Crippen molar-refractivity contribution in [2.45, 2.75) is 13.3 Å². The molecule has 1 aromatic carbocycles. The number of benzene rings is 1. The molecule has 58 valence electrons. The highest BCUT2D eigenvalue weighted by molar-refractivity contribution is 5.52. The van der Waals surface area contributed by atoms with E-state index in [0.29, 0.717) is 0 Å². The first-order valence-electron chi connectivity index (χ1n) is 4.24. The maximum atomic E-state index is 2.37. The van der Waals surface area contributed by atoms with Crippen LogP contribution >= 0.6 is 0 Å². The first kappa shape index (κ1) is 6.71. The molecule has 0 amide bonds. The van der Waals surface area contributed by atoms with E-state index in [4.69, 9.17) is 0 Å². The van der Waals surface area contributed by atoms with Crippen LogP contribution in [0.5, 0.6) is 0 Å². The first-order valence-corrected chi connectivity index (χ1v) is 4.24. The van der Waals surface area contributed by atoms with Crippen molar-refractivity contribution in [1.82, 2.24) is 0 Å². The van der Waals surface area contributed by atoms with E-state index in [1.54, 1.807) is 0 Å². The lowest BCUT2D eigenvalue weighted by Gasteiger charge is -2.03. The van der Waals surface area contributed by atoms with Gasteiger partial charge in [0.05, 0.1) is 0 Å². The average molecular weight is 147 g/mol. The van der Waals surface area contributed by atoms with Gasteiger partial charge in [-0.2, -0.15) is 0 Å². The Kier molecular flexibility index (Phi) is 1.57. The zero-order chi connectivity index (χ0) is 7.68. The predicted octanol–water partition coefficient (Wildman–Crippen LogP) is 2.07. The lowest BCUT2D eigenvalue weighted by atomic mass is 10.1. The molecule has 2 rings (SSSR count). The van der Waals surface area contributed by atoms with E-state index in [1.165, 1.54) is 24.3 Å². The van der Waals surface area contributed by atoms with Crippen LogP contribution in [0, 0.1) is 0 Å². The van der Waals surface area contributed by atoms with Crippen LogP contribution in [0.4, 0.5) is 5.69 Å². The van der Waals surface area contributed by atoms with Gasteiger partial charge in [-0.25, -0.2) is 0 Å². The minimum atomic E-state index is 1.14. The molecule has 1 nitrogen and oxygen atoms in total. The molecule has 0 aliphatic carbocycles. The quantitative estimate of drug-likeness (QED) is 0.579. The summed E-state index contributed by atoms with van der Waals surface area (Å²) in [6.45, 7) is 4.68. The molecule has 1 heteroatoms. The fourth-order valence-electron chi connectivity index (χ4n) is 1.28. The van der Waals surface area contributed by atoms with Gasteiger partial charge in [-0.05, 0) is 24.1 Å². The van der Waals surface area contributed by atoms with Crippen LogP contribution in [0.15, 0.2) is 24.3 Å². The van der Waals surface area contributed by atoms with Gasteiger partial charge >= 0.3 is 0 Å². The second kappa shape index (κ2) is 2.57. The number of rotatable bonds is 2. The van der Waals surface area contributed by atoms with Crippen molar-refractivity contribution in [2.24, 2.45) is 0 Å². The largest absolute Gasteiger partial charge is 0.368 e. The molecular weight excluding hydrogens is 134 g/mol. The molecule has 0 bridgehead atoms. The summed E-state index contributed by atoms with van der Waals surface area (Å²) in [5.41, 5.74) is 2.83. The van der Waals surface area contributed by atoms with Crippen molar-refractivity contribution < 1.29 is 0 Å². The SMILES string of the molecule is CCc1cccc(N2CC2)c1. The third-order valence-electron chi connectivity index (χ3n) is 2.13. The molecule has 1 saturated heterocycles. The Bertz CT molecular complexity index is 251. The third kappa shape index (κ3) is 1.37. The van der Waals surface area contributed by atoms with Gasteiger partial charge < -0.3 is 4.90 Å². The average Bonchev–Trinajstić information content (AvgIpc) is 2.87. The summed E-state index contributed by atoms with van der Waals surface area (Å²) >= 11 is 0. The van der Waals surface area contributed by atoms with E-state index >= 15 is 0 Å². The van der Waals surface area contributed by atoms with Gasteiger partial charge in [0.25, 0.3) is 0 Å². The summed E-state index contributed by atoms with van der Waals surface area (Å²) in [5.74, 6) is 0. The Morgan fingerprint density at radius 3 is 2.82 bits per heavy atom. The van der Waals surface area contributed by atoms with Gasteiger partial charge in [0.15, 0.2) is 0 Å². The van der Waals surface area contributed by atoms with Crippen molar-refractivity contribution in [3.63, 3.8) is 0 Å². The molecule has 0 atom stereocenters. The van der Waals surface area contributed by atoms with Crippen molar-refractivity contribution >= 4 is 5.69 Å². The molecule has 1 fully saturated rings.